The van der Waals surface area contributed by atoms with Crippen molar-refractivity contribution in [2.45, 2.75) is 62.8 Å². The van der Waals surface area contributed by atoms with Gasteiger partial charge in [-0.1, -0.05) is 0 Å². The summed E-state index contributed by atoms with van der Waals surface area (Å²) in [7, 11) is 1.95. The number of likely N-dealkylation sites (tertiary alicyclic amines) is 1. The molecule has 1 aliphatic carbocycles. The van der Waals surface area contributed by atoms with E-state index in [2.05, 4.69) is 20.4 Å². The number of carbonyl (C=O) groups excluding carboxylic acids is 1. The van der Waals surface area contributed by atoms with Crippen LogP contribution in [-0.4, -0.2) is 67.6 Å². The van der Waals surface area contributed by atoms with Crippen molar-refractivity contribution >= 4 is 5.91 Å². The summed E-state index contributed by atoms with van der Waals surface area (Å²) in [6, 6.07) is 0. The van der Waals surface area contributed by atoms with Crippen molar-refractivity contribution in [3.05, 3.63) is 12.2 Å². The first-order chi connectivity index (χ1) is 12.4. The van der Waals surface area contributed by atoms with Gasteiger partial charge in [-0.2, -0.15) is 0 Å². The van der Waals surface area contributed by atoms with Crippen molar-refractivity contribution in [2.24, 2.45) is 13.0 Å². The number of hydrogen-bond donors (Lipinski definition) is 2. The Morgan fingerprint density at radius 1 is 1.38 bits per heavy atom. The Kier molecular flexibility index (Phi) is 4.53. The van der Waals surface area contributed by atoms with Gasteiger partial charge in [0.2, 0.25) is 5.91 Å². The molecular weight excluding hydrogens is 334 g/mol. The van der Waals surface area contributed by atoms with Crippen molar-refractivity contribution in [2.75, 3.05) is 19.7 Å². The zero-order valence-corrected chi connectivity index (χ0v) is 15.6. The first-order valence-electron chi connectivity index (χ1n) is 9.61. The van der Waals surface area contributed by atoms with Crippen LogP contribution in [0.15, 0.2) is 6.33 Å². The summed E-state index contributed by atoms with van der Waals surface area (Å²) in [6.07, 6.45) is 5.11. The molecule has 3 fully saturated rings. The number of carbonyl (C=O) groups is 1. The van der Waals surface area contributed by atoms with Gasteiger partial charge in [-0.15, -0.1) is 10.2 Å². The minimum absolute atomic E-state index is 0.0864. The molecule has 2 saturated heterocycles. The van der Waals surface area contributed by atoms with E-state index >= 15 is 0 Å². The molecule has 2 atom stereocenters. The minimum Gasteiger partial charge on any atom is -0.388 e. The smallest absolute Gasteiger partial charge is 0.223 e. The van der Waals surface area contributed by atoms with E-state index in [-0.39, 0.29) is 11.8 Å². The van der Waals surface area contributed by atoms with Gasteiger partial charge in [0.15, 0.2) is 0 Å². The Bertz CT molecular complexity index is 666. The summed E-state index contributed by atoms with van der Waals surface area (Å²) >= 11 is 0. The monoisotopic (exact) mass is 363 g/mol. The molecule has 1 aromatic rings. The molecule has 8 nitrogen and oxygen atoms in total. The fourth-order valence-corrected chi connectivity index (χ4v) is 4.28. The van der Waals surface area contributed by atoms with Gasteiger partial charge in [-0.3, -0.25) is 9.69 Å². The quantitative estimate of drug-likeness (QED) is 0.795. The molecule has 1 amide bonds. The van der Waals surface area contributed by atoms with Crippen molar-refractivity contribution in [1.82, 2.24) is 25.0 Å². The van der Waals surface area contributed by atoms with E-state index in [1.807, 2.05) is 18.5 Å². The molecule has 26 heavy (non-hydrogen) atoms. The predicted molar refractivity (Wildman–Crippen MR) is 94.1 cm³/mol. The van der Waals surface area contributed by atoms with Crippen molar-refractivity contribution < 1.29 is 14.6 Å². The van der Waals surface area contributed by atoms with Gasteiger partial charge in [0.1, 0.15) is 18.3 Å². The number of aliphatic hydroxyl groups is 1. The van der Waals surface area contributed by atoms with Crippen LogP contribution in [0.25, 0.3) is 0 Å². The lowest BCUT2D eigenvalue weighted by atomic mass is 9.73. The number of ether oxygens (including phenoxy) is 1. The van der Waals surface area contributed by atoms with E-state index in [0.29, 0.717) is 13.0 Å². The lowest BCUT2D eigenvalue weighted by Crippen LogP contribution is -2.69. The molecule has 1 spiro atoms. The molecule has 144 valence electrons. The molecule has 2 aliphatic heterocycles. The second-order valence-corrected chi connectivity index (χ2v) is 8.38. The number of nitrogens with zero attached hydrogens (tertiary/aromatic N) is 4. The van der Waals surface area contributed by atoms with Gasteiger partial charge >= 0.3 is 0 Å². The number of aryl methyl sites for hydroxylation is 1. The number of piperidine rings is 1. The zero-order valence-electron chi connectivity index (χ0n) is 15.6. The van der Waals surface area contributed by atoms with Gasteiger partial charge in [0.25, 0.3) is 0 Å². The maximum absolute atomic E-state index is 12.3. The standard InChI is InChI=1S/C18H29N5O3/c1-17(20-15(24)13-3-4-13)7-10-26-18(16(17)25)5-8-23(9-6-18)11-14-21-19-12-22(14)2/h12-13,16,25H,3-11H2,1-2H3,(H,20,24)/t16-,17+/m1/s1. The maximum atomic E-state index is 12.3. The third kappa shape index (κ3) is 3.25. The number of aromatic nitrogens is 3. The van der Waals surface area contributed by atoms with E-state index in [4.69, 9.17) is 4.74 Å². The number of nitrogens with one attached hydrogen (secondary N) is 1. The van der Waals surface area contributed by atoms with Gasteiger partial charge < -0.3 is 19.7 Å². The minimum atomic E-state index is -0.691. The van der Waals surface area contributed by atoms with Crippen molar-refractivity contribution in [3.63, 3.8) is 0 Å². The van der Waals surface area contributed by atoms with Gasteiger partial charge in [-0.25, -0.2) is 0 Å². The topological polar surface area (TPSA) is 92.5 Å². The lowest BCUT2D eigenvalue weighted by molar-refractivity contribution is -0.208. The van der Waals surface area contributed by atoms with E-state index in [0.717, 1.165) is 51.1 Å². The van der Waals surface area contributed by atoms with Crippen molar-refractivity contribution in [3.8, 4) is 0 Å². The van der Waals surface area contributed by atoms with E-state index in [1.165, 1.54) is 0 Å². The van der Waals surface area contributed by atoms with Gasteiger partial charge in [-0.05, 0) is 39.0 Å². The van der Waals surface area contributed by atoms with Crippen LogP contribution in [0.3, 0.4) is 0 Å². The Morgan fingerprint density at radius 2 is 2.12 bits per heavy atom. The Morgan fingerprint density at radius 3 is 2.73 bits per heavy atom. The highest BCUT2D eigenvalue weighted by Gasteiger charge is 2.54. The summed E-state index contributed by atoms with van der Waals surface area (Å²) in [4.78, 5) is 14.6. The first kappa shape index (κ1) is 17.9. The van der Waals surface area contributed by atoms with E-state index in [9.17, 15) is 9.90 Å². The van der Waals surface area contributed by atoms with Crippen LogP contribution in [0, 0.1) is 5.92 Å². The summed E-state index contributed by atoms with van der Waals surface area (Å²) in [5.41, 5.74) is -1.18. The normalized spacial score (nSPS) is 31.9. The fraction of sp³-hybridized carbons (Fsp3) is 0.833. The SMILES string of the molecule is Cn1cnnc1CN1CCC2(CC1)OCC[C@](C)(NC(=O)C1CC1)[C@H]2O. The summed E-state index contributed by atoms with van der Waals surface area (Å²) in [6.45, 7) is 4.95. The van der Waals surface area contributed by atoms with Crippen LogP contribution in [-0.2, 0) is 23.1 Å². The molecule has 0 unspecified atom stereocenters. The first-order valence-corrected chi connectivity index (χ1v) is 9.61. The molecule has 8 heteroatoms. The molecule has 0 bridgehead atoms. The van der Waals surface area contributed by atoms with Crippen molar-refractivity contribution in [1.29, 1.82) is 0 Å². The van der Waals surface area contributed by atoms with Crippen LogP contribution in [0.1, 0.15) is 44.9 Å². The molecule has 1 aromatic heterocycles. The summed E-state index contributed by atoms with van der Waals surface area (Å²) in [5.74, 6) is 1.17. The second kappa shape index (κ2) is 6.58. The highest BCUT2D eigenvalue weighted by molar-refractivity contribution is 5.81. The highest BCUT2D eigenvalue weighted by Crippen LogP contribution is 2.41. The maximum Gasteiger partial charge on any atom is 0.223 e. The molecule has 0 radical (unpaired) electrons. The molecule has 4 rings (SSSR count). The molecule has 3 heterocycles. The van der Waals surface area contributed by atoms with E-state index < -0.39 is 17.2 Å². The summed E-state index contributed by atoms with van der Waals surface area (Å²) in [5, 5.41) is 22.4. The van der Waals surface area contributed by atoms with E-state index in [1.54, 1.807) is 6.33 Å². The van der Waals surface area contributed by atoms with Crippen LogP contribution in [0.5, 0.6) is 0 Å². The zero-order chi connectivity index (χ0) is 18.4. The second-order valence-electron chi connectivity index (χ2n) is 8.38. The number of amides is 1. The number of aliphatic hydroxyl groups excluding tert-OH is 1. The van der Waals surface area contributed by atoms with Crippen LogP contribution in [0.2, 0.25) is 0 Å². The largest absolute Gasteiger partial charge is 0.388 e. The molecule has 2 N–H and O–H groups in total. The fourth-order valence-electron chi connectivity index (χ4n) is 4.28. The predicted octanol–water partition coefficient (Wildman–Crippen LogP) is 0.216. The van der Waals surface area contributed by atoms with Crippen LogP contribution < -0.4 is 5.32 Å². The summed E-state index contributed by atoms with van der Waals surface area (Å²) < 4.78 is 8.05. The average molecular weight is 363 g/mol. The Labute approximate surface area is 153 Å². The van der Waals surface area contributed by atoms with Gasteiger partial charge in [0, 0.05) is 32.7 Å². The Balaban J connectivity index is 1.40. The third-order valence-electron chi connectivity index (χ3n) is 6.34. The average Bonchev–Trinajstić information content (AvgIpc) is 3.39. The highest BCUT2D eigenvalue weighted by atomic mass is 16.5. The Hall–Kier alpha value is -1.51. The third-order valence-corrected chi connectivity index (χ3v) is 6.34. The number of rotatable bonds is 4. The van der Waals surface area contributed by atoms with Crippen LogP contribution >= 0.6 is 0 Å². The molecule has 1 saturated carbocycles. The lowest BCUT2D eigenvalue weighted by Gasteiger charge is -2.53. The number of hydrogen-bond acceptors (Lipinski definition) is 6. The molecule has 3 aliphatic rings. The van der Waals surface area contributed by atoms with Gasteiger partial charge in [0.05, 0.1) is 17.7 Å². The molecule has 0 aromatic carbocycles. The molecular formula is C18H29N5O3. The van der Waals surface area contributed by atoms with Crippen LogP contribution in [0.4, 0.5) is 0 Å².